The normalized spacial score (nSPS) is 25.9. The summed E-state index contributed by atoms with van der Waals surface area (Å²) in [5.74, 6) is 0.892. The molecule has 2 fully saturated rings. The Morgan fingerprint density at radius 1 is 0.875 bits per heavy atom. The van der Waals surface area contributed by atoms with Crippen LogP contribution in [0.4, 0.5) is 10.1 Å². The van der Waals surface area contributed by atoms with Crippen molar-refractivity contribution in [3.63, 3.8) is 0 Å². The lowest BCUT2D eigenvalue weighted by atomic mass is 9.83. The minimum absolute atomic E-state index is 0.0496. The van der Waals surface area contributed by atoms with E-state index in [9.17, 15) is 9.18 Å². The van der Waals surface area contributed by atoms with E-state index in [1.807, 2.05) is 18.2 Å². The average Bonchev–Trinajstić information content (AvgIpc) is 3.50. The standard InChI is InChI=1S/C25H22FN3O3/c1-14-2-4-15(5-3-14)22-21-23(28-27-22)25(30)29(18-9-7-17(26)8-10-18)24(21)16-6-11-19-20(12-16)32-13-31-19/h2-12,21-24,27-28H,13H2,1H3. The number of ether oxygens (including phenoxy) is 2. The topological polar surface area (TPSA) is 62.8 Å². The monoisotopic (exact) mass is 431 g/mol. The second-order valence-corrected chi connectivity index (χ2v) is 8.47. The number of halogens is 1. The largest absolute Gasteiger partial charge is 0.454 e. The number of aryl methyl sites for hydroxylation is 1. The van der Waals surface area contributed by atoms with E-state index in [4.69, 9.17) is 9.47 Å². The summed E-state index contributed by atoms with van der Waals surface area (Å²) >= 11 is 0. The Hall–Kier alpha value is -3.42. The summed E-state index contributed by atoms with van der Waals surface area (Å²) in [6.07, 6.45) is 0. The summed E-state index contributed by atoms with van der Waals surface area (Å²) in [7, 11) is 0. The van der Waals surface area contributed by atoms with Gasteiger partial charge in [0.25, 0.3) is 0 Å². The maximum absolute atomic E-state index is 13.6. The van der Waals surface area contributed by atoms with E-state index in [0.717, 1.165) is 11.1 Å². The third kappa shape index (κ3) is 2.97. The van der Waals surface area contributed by atoms with Crippen LogP contribution in [-0.2, 0) is 4.79 Å². The molecular weight excluding hydrogens is 409 g/mol. The van der Waals surface area contributed by atoms with Gasteiger partial charge < -0.3 is 14.4 Å². The molecule has 0 spiro atoms. The predicted molar refractivity (Wildman–Crippen MR) is 117 cm³/mol. The third-order valence-electron chi connectivity index (χ3n) is 6.59. The Balaban J connectivity index is 1.48. The number of anilines is 1. The number of carbonyl (C=O) groups excluding carboxylic acids is 1. The zero-order valence-corrected chi connectivity index (χ0v) is 17.4. The summed E-state index contributed by atoms with van der Waals surface area (Å²) in [5.41, 5.74) is 10.5. The summed E-state index contributed by atoms with van der Waals surface area (Å²) < 4.78 is 24.7. The molecule has 3 aromatic rings. The molecular formula is C25H22FN3O3. The molecule has 4 unspecified atom stereocenters. The van der Waals surface area contributed by atoms with Crippen molar-refractivity contribution in [3.05, 3.63) is 89.2 Å². The molecule has 3 aromatic carbocycles. The Morgan fingerprint density at radius 3 is 2.34 bits per heavy atom. The molecule has 0 radical (unpaired) electrons. The van der Waals surface area contributed by atoms with E-state index in [1.165, 1.54) is 17.7 Å². The molecule has 3 aliphatic rings. The smallest absolute Gasteiger partial charge is 0.246 e. The van der Waals surface area contributed by atoms with E-state index in [-0.39, 0.29) is 36.5 Å². The van der Waals surface area contributed by atoms with E-state index >= 15 is 0 Å². The number of fused-ring (bicyclic) bond motifs is 2. The number of hydrogen-bond donors (Lipinski definition) is 2. The first-order valence-corrected chi connectivity index (χ1v) is 10.7. The Labute approximate surface area is 184 Å². The molecule has 3 aliphatic heterocycles. The van der Waals surface area contributed by atoms with Crippen LogP contribution >= 0.6 is 0 Å². The van der Waals surface area contributed by atoms with Crippen molar-refractivity contribution in [2.45, 2.75) is 25.0 Å². The van der Waals surface area contributed by atoms with Gasteiger partial charge in [-0.1, -0.05) is 35.9 Å². The predicted octanol–water partition coefficient (Wildman–Crippen LogP) is 3.78. The molecule has 3 heterocycles. The molecule has 2 saturated heterocycles. The molecule has 4 atom stereocenters. The fourth-order valence-electron chi connectivity index (χ4n) is 5.05. The molecule has 0 aliphatic carbocycles. The minimum atomic E-state index is -0.415. The second kappa shape index (κ2) is 7.32. The van der Waals surface area contributed by atoms with E-state index in [1.54, 1.807) is 17.0 Å². The summed E-state index contributed by atoms with van der Waals surface area (Å²) in [5, 5.41) is 0. The first-order chi connectivity index (χ1) is 15.6. The van der Waals surface area contributed by atoms with Crippen LogP contribution in [0.1, 0.15) is 28.8 Å². The maximum Gasteiger partial charge on any atom is 0.246 e. The number of amides is 1. The van der Waals surface area contributed by atoms with Crippen LogP contribution in [0.5, 0.6) is 11.5 Å². The molecule has 1 amide bonds. The Morgan fingerprint density at radius 2 is 1.56 bits per heavy atom. The van der Waals surface area contributed by atoms with E-state index in [0.29, 0.717) is 17.2 Å². The number of nitrogens with zero attached hydrogens (tertiary/aromatic N) is 1. The summed E-state index contributed by atoms with van der Waals surface area (Å²) in [6, 6.07) is 19.5. The van der Waals surface area contributed by atoms with Gasteiger partial charge in [-0.15, -0.1) is 0 Å². The highest BCUT2D eigenvalue weighted by Gasteiger charge is 2.56. The van der Waals surface area contributed by atoms with Gasteiger partial charge in [-0.2, -0.15) is 0 Å². The lowest BCUT2D eigenvalue weighted by Gasteiger charge is -2.31. The van der Waals surface area contributed by atoms with Gasteiger partial charge in [0.2, 0.25) is 12.7 Å². The molecule has 7 heteroatoms. The van der Waals surface area contributed by atoms with Gasteiger partial charge in [-0.3, -0.25) is 4.79 Å². The average molecular weight is 431 g/mol. The first-order valence-electron chi connectivity index (χ1n) is 10.7. The van der Waals surface area contributed by atoms with Gasteiger partial charge in [0.05, 0.1) is 12.1 Å². The van der Waals surface area contributed by atoms with Crippen molar-refractivity contribution < 1.29 is 18.7 Å². The van der Waals surface area contributed by atoms with Gasteiger partial charge >= 0.3 is 0 Å². The highest BCUT2D eigenvalue weighted by molar-refractivity contribution is 6.01. The van der Waals surface area contributed by atoms with E-state index < -0.39 is 6.04 Å². The Bertz CT molecular complexity index is 1180. The maximum atomic E-state index is 13.6. The van der Waals surface area contributed by atoms with Crippen molar-refractivity contribution in [3.8, 4) is 11.5 Å². The van der Waals surface area contributed by atoms with Crippen molar-refractivity contribution in [2.24, 2.45) is 5.92 Å². The van der Waals surface area contributed by atoms with Crippen LogP contribution < -0.4 is 25.2 Å². The number of carbonyl (C=O) groups is 1. The number of rotatable bonds is 3. The molecule has 0 saturated carbocycles. The number of nitrogens with one attached hydrogen (secondary N) is 2. The minimum Gasteiger partial charge on any atom is -0.454 e. The van der Waals surface area contributed by atoms with Gasteiger partial charge in [0.15, 0.2) is 11.5 Å². The lowest BCUT2D eigenvalue weighted by molar-refractivity contribution is -0.119. The second-order valence-electron chi connectivity index (χ2n) is 8.47. The van der Waals surface area contributed by atoms with Crippen LogP contribution in [0.25, 0.3) is 0 Å². The number of hydrazine groups is 1. The van der Waals surface area contributed by atoms with Crippen molar-refractivity contribution in [1.29, 1.82) is 0 Å². The molecule has 0 bridgehead atoms. The van der Waals surface area contributed by atoms with Crippen LogP contribution in [-0.4, -0.2) is 18.7 Å². The van der Waals surface area contributed by atoms with Crippen molar-refractivity contribution in [2.75, 3.05) is 11.7 Å². The molecule has 6 rings (SSSR count). The zero-order valence-electron chi connectivity index (χ0n) is 17.4. The Kier molecular flexibility index (Phi) is 4.41. The molecule has 0 aromatic heterocycles. The van der Waals surface area contributed by atoms with Crippen LogP contribution in [0.3, 0.4) is 0 Å². The number of hydrogen-bond acceptors (Lipinski definition) is 5. The summed E-state index contributed by atoms with van der Waals surface area (Å²) in [4.78, 5) is 15.4. The van der Waals surface area contributed by atoms with Gasteiger partial charge in [0.1, 0.15) is 11.9 Å². The van der Waals surface area contributed by atoms with Crippen molar-refractivity contribution >= 4 is 11.6 Å². The highest BCUT2D eigenvalue weighted by atomic mass is 19.1. The number of benzene rings is 3. The lowest BCUT2D eigenvalue weighted by Crippen LogP contribution is -2.41. The highest BCUT2D eigenvalue weighted by Crippen LogP contribution is 2.50. The quantitative estimate of drug-likeness (QED) is 0.661. The SMILES string of the molecule is Cc1ccc(C2NNC3C(=O)N(c4ccc(F)cc4)C(c4ccc5c(c4)OCO5)C32)cc1. The van der Waals surface area contributed by atoms with E-state index in [2.05, 4.69) is 42.0 Å². The van der Waals surface area contributed by atoms with Crippen LogP contribution in [0.2, 0.25) is 0 Å². The first kappa shape index (κ1) is 19.3. The summed E-state index contributed by atoms with van der Waals surface area (Å²) in [6.45, 7) is 2.24. The molecule has 2 N–H and O–H groups in total. The molecule has 32 heavy (non-hydrogen) atoms. The zero-order chi connectivity index (χ0) is 21.8. The van der Waals surface area contributed by atoms with Gasteiger partial charge in [-0.05, 0) is 54.4 Å². The van der Waals surface area contributed by atoms with Gasteiger partial charge in [-0.25, -0.2) is 15.2 Å². The van der Waals surface area contributed by atoms with Gasteiger partial charge in [0, 0.05) is 11.6 Å². The fourth-order valence-corrected chi connectivity index (χ4v) is 5.05. The van der Waals surface area contributed by atoms with Crippen molar-refractivity contribution in [1.82, 2.24) is 10.9 Å². The van der Waals surface area contributed by atoms with Crippen LogP contribution in [0.15, 0.2) is 66.7 Å². The fraction of sp³-hybridized carbons (Fsp3) is 0.240. The molecule has 162 valence electrons. The van der Waals surface area contributed by atoms with Crippen LogP contribution in [0, 0.1) is 18.7 Å². The third-order valence-corrected chi connectivity index (χ3v) is 6.59. The molecule has 6 nitrogen and oxygen atoms in total.